The van der Waals surface area contributed by atoms with Gasteiger partial charge in [-0.1, -0.05) is 6.07 Å². The molecule has 0 fully saturated rings. The van der Waals surface area contributed by atoms with Crippen molar-refractivity contribution < 1.29 is 4.39 Å². The predicted octanol–water partition coefficient (Wildman–Crippen LogP) is 3.64. The maximum absolute atomic E-state index is 12.8. The van der Waals surface area contributed by atoms with E-state index in [0.717, 1.165) is 17.1 Å². The van der Waals surface area contributed by atoms with Crippen LogP contribution in [-0.2, 0) is 0 Å². The van der Waals surface area contributed by atoms with Gasteiger partial charge in [0.05, 0.1) is 0 Å². The van der Waals surface area contributed by atoms with E-state index in [2.05, 4.69) is 5.32 Å². The average molecular weight is 230 g/mol. The summed E-state index contributed by atoms with van der Waals surface area (Å²) in [5, 5.41) is 3.10. The fourth-order valence-electron chi connectivity index (χ4n) is 1.68. The van der Waals surface area contributed by atoms with Crippen LogP contribution in [-0.4, -0.2) is 14.1 Å². The van der Waals surface area contributed by atoms with Crippen LogP contribution in [0.5, 0.6) is 0 Å². The molecule has 0 aromatic heterocycles. The first kappa shape index (κ1) is 11.5. The van der Waals surface area contributed by atoms with Crippen molar-refractivity contribution in [2.24, 2.45) is 0 Å². The molecule has 0 atom stereocenters. The van der Waals surface area contributed by atoms with E-state index in [0.29, 0.717) is 0 Å². The Balaban J connectivity index is 2.29. The highest BCUT2D eigenvalue weighted by Crippen LogP contribution is 2.25. The summed E-state index contributed by atoms with van der Waals surface area (Å²) < 4.78 is 12.8. The number of hydrogen-bond acceptors (Lipinski definition) is 2. The predicted molar refractivity (Wildman–Crippen MR) is 70.5 cm³/mol. The standard InChI is InChI=1S/C14H15FN2/c1-16-12-4-3-5-14(10-12)17(2)13-8-6-11(15)7-9-13/h3-10,16H,1-2H3. The number of halogens is 1. The maximum Gasteiger partial charge on any atom is 0.123 e. The molecule has 0 saturated carbocycles. The topological polar surface area (TPSA) is 15.3 Å². The van der Waals surface area contributed by atoms with Crippen LogP contribution in [0.1, 0.15) is 0 Å². The summed E-state index contributed by atoms with van der Waals surface area (Å²) >= 11 is 0. The van der Waals surface area contributed by atoms with Gasteiger partial charge in [0.15, 0.2) is 0 Å². The lowest BCUT2D eigenvalue weighted by Gasteiger charge is -2.20. The highest BCUT2D eigenvalue weighted by Gasteiger charge is 2.04. The van der Waals surface area contributed by atoms with E-state index in [-0.39, 0.29) is 5.82 Å². The van der Waals surface area contributed by atoms with E-state index in [9.17, 15) is 4.39 Å². The maximum atomic E-state index is 12.8. The van der Waals surface area contributed by atoms with E-state index in [1.165, 1.54) is 12.1 Å². The molecule has 0 aliphatic carbocycles. The van der Waals surface area contributed by atoms with Gasteiger partial charge in [0, 0.05) is 31.2 Å². The second kappa shape index (κ2) is 4.87. The van der Waals surface area contributed by atoms with Crippen LogP contribution < -0.4 is 10.2 Å². The van der Waals surface area contributed by atoms with Gasteiger partial charge in [-0.2, -0.15) is 0 Å². The van der Waals surface area contributed by atoms with E-state index in [4.69, 9.17) is 0 Å². The van der Waals surface area contributed by atoms with Gasteiger partial charge in [0.25, 0.3) is 0 Å². The summed E-state index contributed by atoms with van der Waals surface area (Å²) in [7, 11) is 3.85. The molecule has 0 amide bonds. The van der Waals surface area contributed by atoms with Crippen molar-refractivity contribution in [2.75, 3.05) is 24.3 Å². The second-order valence-corrected chi connectivity index (χ2v) is 3.84. The number of rotatable bonds is 3. The minimum absolute atomic E-state index is 0.217. The van der Waals surface area contributed by atoms with E-state index in [1.807, 2.05) is 43.3 Å². The van der Waals surface area contributed by atoms with Crippen molar-refractivity contribution in [3.05, 3.63) is 54.3 Å². The van der Waals surface area contributed by atoms with Crippen LogP contribution in [0.25, 0.3) is 0 Å². The zero-order valence-corrected chi connectivity index (χ0v) is 9.94. The fourth-order valence-corrected chi connectivity index (χ4v) is 1.68. The van der Waals surface area contributed by atoms with Crippen LogP contribution in [0.4, 0.5) is 21.5 Å². The van der Waals surface area contributed by atoms with Gasteiger partial charge in [-0.25, -0.2) is 4.39 Å². The Bertz CT molecular complexity index is 494. The molecular formula is C14H15FN2. The largest absolute Gasteiger partial charge is 0.388 e. The molecule has 2 aromatic carbocycles. The summed E-state index contributed by atoms with van der Waals surface area (Å²) in [6.07, 6.45) is 0. The molecule has 0 heterocycles. The Morgan fingerprint density at radius 1 is 1.00 bits per heavy atom. The molecule has 0 bridgehead atoms. The molecule has 2 rings (SSSR count). The normalized spacial score (nSPS) is 10.1. The lowest BCUT2D eigenvalue weighted by atomic mass is 10.2. The second-order valence-electron chi connectivity index (χ2n) is 3.84. The Kier molecular flexibility index (Phi) is 3.28. The quantitative estimate of drug-likeness (QED) is 0.866. The van der Waals surface area contributed by atoms with E-state index >= 15 is 0 Å². The average Bonchev–Trinajstić information content (AvgIpc) is 2.39. The Hall–Kier alpha value is -2.03. The van der Waals surface area contributed by atoms with E-state index < -0.39 is 0 Å². The molecule has 1 N–H and O–H groups in total. The Morgan fingerprint density at radius 3 is 2.35 bits per heavy atom. The molecule has 2 nitrogen and oxygen atoms in total. The lowest BCUT2D eigenvalue weighted by Crippen LogP contribution is -2.09. The summed E-state index contributed by atoms with van der Waals surface area (Å²) in [6.45, 7) is 0. The summed E-state index contributed by atoms with van der Waals surface area (Å²) in [4.78, 5) is 2.01. The number of nitrogens with zero attached hydrogens (tertiary/aromatic N) is 1. The van der Waals surface area contributed by atoms with Crippen molar-refractivity contribution in [3.63, 3.8) is 0 Å². The van der Waals surface area contributed by atoms with Crippen LogP contribution in [0.15, 0.2) is 48.5 Å². The third kappa shape index (κ3) is 2.56. The van der Waals surface area contributed by atoms with Crippen molar-refractivity contribution in [2.45, 2.75) is 0 Å². The molecule has 88 valence electrons. The summed E-state index contributed by atoms with van der Waals surface area (Å²) in [5.74, 6) is -0.217. The van der Waals surface area contributed by atoms with Gasteiger partial charge in [-0.3, -0.25) is 0 Å². The first-order chi connectivity index (χ1) is 8.20. The first-order valence-corrected chi connectivity index (χ1v) is 5.48. The van der Waals surface area contributed by atoms with Crippen molar-refractivity contribution >= 4 is 17.1 Å². The molecule has 0 unspecified atom stereocenters. The van der Waals surface area contributed by atoms with Gasteiger partial charge in [0.1, 0.15) is 5.82 Å². The van der Waals surface area contributed by atoms with Gasteiger partial charge >= 0.3 is 0 Å². The Morgan fingerprint density at radius 2 is 1.71 bits per heavy atom. The molecule has 2 aromatic rings. The van der Waals surface area contributed by atoms with Crippen LogP contribution in [0, 0.1) is 5.82 Å². The third-order valence-corrected chi connectivity index (χ3v) is 2.74. The number of anilines is 3. The zero-order chi connectivity index (χ0) is 12.3. The van der Waals surface area contributed by atoms with Crippen molar-refractivity contribution in [1.29, 1.82) is 0 Å². The zero-order valence-electron chi connectivity index (χ0n) is 9.94. The molecule has 0 saturated heterocycles. The molecular weight excluding hydrogens is 215 g/mol. The molecule has 0 aliphatic rings. The van der Waals surface area contributed by atoms with Crippen LogP contribution >= 0.6 is 0 Å². The van der Waals surface area contributed by atoms with Crippen LogP contribution in [0.3, 0.4) is 0 Å². The van der Waals surface area contributed by atoms with Crippen molar-refractivity contribution in [1.82, 2.24) is 0 Å². The molecule has 0 aliphatic heterocycles. The number of benzene rings is 2. The summed E-state index contributed by atoms with van der Waals surface area (Å²) in [5.41, 5.74) is 3.07. The molecule has 0 spiro atoms. The van der Waals surface area contributed by atoms with Gasteiger partial charge < -0.3 is 10.2 Å². The number of nitrogens with one attached hydrogen (secondary N) is 1. The molecule has 17 heavy (non-hydrogen) atoms. The number of hydrogen-bond donors (Lipinski definition) is 1. The highest BCUT2D eigenvalue weighted by molar-refractivity contribution is 5.66. The third-order valence-electron chi connectivity index (χ3n) is 2.74. The molecule has 3 heteroatoms. The van der Waals surface area contributed by atoms with Crippen molar-refractivity contribution in [3.8, 4) is 0 Å². The highest BCUT2D eigenvalue weighted by atomic mass is 19.1. The van der Waals surface area contributed by atoms with Gasteiger partial charge in [-0.05, 0) is 42.5 Å². The first-order valence-electron chi connectivity index (χ1n) is 5.48. The van der Waals surface area contributed by atoms with Gasteiger partial charge in [-0.15, -0.1) is 0 Å². The minimum Gasteiger partial charge on any atom is -0.388 e. The monoisotopic (exact) mass is 230 g/mol. The summed E-state index contributed by atoms with van der Waals surface area (Å²) in [6, 6.07) is 14.5. The fraction of sp³-hybridized carbons (Fsp3) is 0.143. The van der Waals surface area contributed by atoms with E-state index in [1.54, 1.807) is 12.1 Å². The smallest absolute Gasteiger partial charge is 0.123 e. The molecule has 0 radical (unpaired) electrons. The minimum atomic E-state index is -0.217. The van der Waals surface area contributed by atoms with Crippen LogP contribution in [0.2, 0.25) is 0 Å². The Labute approximate surface area is 101 Å². The lowest BCUT2D eigenvalue weighted by molar-refractivity contribution is 0.628. The van der Waals surface area contributed by atoms with Gasteiger partial charge in [0.2, 0.25) is 0 Å². The SMILES string of the molecule is CNc1cccc(N(C)c2ccc(F)cc2)c1.